The highest BCUT2D eigenvalue weighted by molar-refractivity contribution is 5.41. The molecule has 3 N–H and O–H groups in total. The monoisotopic (exact) mass is 249 g/mol. The smallest absolute Gasteiger partial charge is 0.0892 e. The van der Waals surface area contributed by atoms with E-state index in [9.17, 15) is 0 Å². The quantitative estimate of drug-likeness (QED) is 0.622. The number of pyridine rings is 1. The van der Waals surface area contributed by atoms with E-state index >= 15 is 0 Å². The summed E-state index contributed by atoms with van der Waals surface area (Å²) in [6, 6.07) is 3.78. The van der Waals surface area contributed by atoms with Crippen molar-refractivity contribution in [1.29, 1.82) is 0 Å². The van der Waals surface area contributed by atoms with E-state index in [0.717, 1.165) is 17.3 Å². The van der Waals surface area contributed by atoms with Crippen LogP contribution in [0, 0.1) is 5.92 Å². The Hall–Kier alpha value is -1.13. The lowest BCUT2D eigenvalue weighted by Crippen LogP contribution is -2.27. The highest BCUT2D eigenvalue weighted by Crippen LogP contribution is 2.29. The second kappa shape index (κ2) is 6.71. The second-order valence-corrected chi connectivity index (χ2v) is 4.98. The number of rotatable bonds is 5. The van der Waals surface area contributed by atoms with Gasteiger partial charge in [0.1, 0.15) is 0 Å². The summed E-state index contributed by atoms with van der Waals surface area (Å²) in [4.78, 5) is 4.30. The number of nitrogen functional groups attached to an aromatic ring is 1. The zero-order chi connectivity index (χ0) is 12.8. The van der Waals surface area contributed by atoms with Crippen LogP contribution in [-0.4, -0.2) is 11.1 Å². The van der Waals surface area contributed by atoms with Crippen LogP contribution in [0.1, 0.15) is 44.7 Å². The third-order valence-corrected chi connectivity index (χ3v) is 3.79. The number of hydrogen-bond acceptors (Lipinski definition) is 4. The summed E-state index contributed by atoms with van der Waals surface area (Å²) in [6.45, 7) is 2.83. The first-order valence-electron chi connectivity index (χ1n) is 6.86. The minimum atomic E-state index is 0.403. The lowest BCUT2D eigenvalue weighted by Gasteiger charge is -2.30. The molecule has 1 heterocycles. The highest BCUT2D eigenvalue weighted by Gasteiger charge is 2.24. The Morgan fingerprint density at radius 2 is 2.28 bits per heavy atom. The molecule has 2 rings (SSSR count). The molecule has 2 atom stereocenters. The summed E-state index contributed by atoms with van der Waals surface area (Å²) < 4.78 is 6.04. The minimum Gasteiger partial charge on any atom is -0.372 e. The summed E-state index contributed by atoms with van der Waals surface area (Å²) in [5.41, 5.74) is 4.44. The topological polar surface area (TPSA) is 60.2 Å². The molecule has 4 heteroatoms. The van der Waals surface area contributed by atoms with Gasteiger partial charge < -0.3 is 10.2 Å². The molecule has 0 amide bonds. The van der Waals surface area contributed by atoms with E-state index in [1.165, 1.54) is 32.1 Å². The van der Waals surface area contributed by atoms with E-state index in [1.54, 1.807) is 6.20 Å². The van der Waals surface area contributed by atoms with Gasteiger partial charge in [0.05, 0.1) is 24.1 Å². The van der Waals surface area contributed by atoms with Crippen LogP contribution in [0.15, 0.2) is 18.3 Å². The number of anilines is 1. The molecule has 100 valence electrons. The molecule has 1 aliphatic carbocycles. The fourth-order valence-electron chi connectivity index (χ4n) is 2.70. The van der Waals surface area contributed by atoms with Crippen molar-refractivity contribution in [2.75, 3.05) is 5.43 Å². The molecule has 0 bridgehead atoms. The molecule has 1 aliphatic rings. The molecule has 18 heavy (non-hydrogen) atoms. The maximum atomic E-state index is 6.04. The Balaban J connectivity index is 1.89. The lowest BCUT2D eigenvalue weighted by atomic mass is 9.85. The van der Waals surface area contributed by atoms with Gasteiger partial charge in [0, 0.05) is 6.20 Å². The highest BCUT2D eigenvalue weighted by atomic mass is 16.5. The van der Waals surface area contributed by atoms with Gasteiger partial charge in [-0.3, -0.25) is 10.8 Å². The predicted molar refractivity (Wildman–Crippen MR) is 72.9 cm³/mol. The number of aromatic nitrogens is 1. The molecule has 1 aromatic rings. The van der Waals surface area contributed by atoms with Crippen LogP contribution in [0.5, 0.6) is 0 Å². The predicted octanol–water partition coefficient (Wildman–Crippen LogP) is 2.85. The average Bonchev–Trinajstić information content (AvgIpc) is 2.45. The average molecular weight is 249 g/mol. The first kappa shape index (κ1) is 13.3. The summed E-state index contributed by atoms with van der Waals surface area (Å²) in [5.74, 6) is 6.10. The van der Waals surface area contributed by atoms with Crippen LogP contribution in [0.25, 0.3) is 0 Å². The van der Waals surface area contributed by atoms with Crippen LogP contribution in [-0.2, 0) is 11.3 Å². The van der Waals surface area contributed by atoms with Gasteiger partial charge in [0.25, 0.3) is 0 Å². The molecule has 2 unspecified atom stereocenters. The molecule has 1 fully saturated rings. The maximum Gasteiger partial charge on any atom is 0.0892 e. The van der Waals surface area contributed by atoms with Crippen molar-refractivity contribution in [2.24, 2.45) is 11.8 Å². The molecule has 4 nitrogen and oxygen atoms in total. The fraction of sp³-hybridized carbons (Fsp3) is 0.643. The Bertz CT molecular complexity index is 370. The Labute approximate surface area is 109 Å². The van der Waals surface area contributed by atoms with Gasteiger partial charge in [-0.2, -0.15) is 0 Å². The lowest BCUT2D eigenvalue weighted by molar-refractivity contribution is -0.0234. The van der Waals surface area contributed by atoms with Gasteiger partial charge in [-0.05, 0) is 30.9 Å². The largest absolute Gasteiger partial charge is 0.372 e. The molecule has 0 saturated heterocycles. The summed E-state index contributed by atoms with van der Waals surface area (Å²) in [7, 11) is 0. The molecule has 1 saturated carbocycles. The van der Waals surface area contributed by atoms with Crippen molar-refractivity contribution >= 4 is 5.69 Å². The van der Waals surface area contributed by atoms with Crippen LogP contribution in [0.2, 0.25) is 0 Å². The van der Waals surface area contributed by atoms with Crippen molar-refractivity contribution in [1.82, 2.24) is 4.98 Å². The van der Waals surface area contributed by atoms with Crippen molar-refractivity contribution in [3.8, 4) is 0 Å². The van der Waals surface area contributed by atoms with Crippen molar-refractivity contribution in [2.45, 2.75) is 51.7 Å². The Kier molecular flexibility index (Phi) is 4.96. The van der Waals surface area contributed by atoms with E-state index < -0.39 is 0 Å². The Morgan fingerprint density at radius 1 is 1.44 bits per heavy atom. The van der Waals surface area contributed by atoms with E-state index in [0.29, 0.717) is 12.7 Å². The first-order chi connectivity index (χ1) is 8.83. The van der Waals surface area contributed by atoms with Crippen molar-refractivity contribution in [3.05, 3.63) is 24.0 Å². The number of hydrazine groups is 1. The molecule has 0 spiro atoms. The fourth-order valence-corrected chi connectivity index (χ4v) is 2.70. The van der Waals surface area contributed by atoms with Crippen molar-refractivity contribution < 1.29 is 4.74 Å². The molecule has 0 aromatic carbocycles. The summed E-state index contributed by atoms with van der Waals surface area (Å²) in [6.07, 6.45) is 8.50. The third kappa shape index (κ3) is 3.43. The number of hydrogen-bond donors (Lipinski definition) is 2. The van der Waals surface area contributed by atoms with Gasteiger partial charge in [-0.15, -0.1) is 0 Å². The Morgan fingerprint density at radius 3 is 3.06 bits per heavy atom. The second-order valence-electron chi connectivity index (χ2n) is 4.98. The molecule has 0 aliphatic heterocycles. The van der Waals surface area contributed by atoms with Gasteiger partial charge in [-0.1, -0.05) is 26.2 Å². The minimum absolute atomic E-state index is 0.403. The molecular weight excluding hydrogens is 226 g/mol. The third-order valence-electron chi connectivity index (χ3n) is 3.79. The van der Waals surface area contributed by atoms with Gasteiger partial charge in [-0.25, -0.2) is 0 Å². The SMILES string of the molecule is CCC1CCCCC1OCc1cc(NN)ccn1. The summed E-state index contributed by atoms with van der Waals surface area (Å²) in [5, 5.41) is 0. The van der Waals surface area contributed by atoms with Crippen molar-refractivity contribution in [3.63, 3.8) is 0 Å². The van der Waals surface area contributed by atoms with E-state index in [4.69, 9.17) is 10.6 Å². The van der Waals surface area contributed by atoms with Crippen LogP contribution in [0.4, 0.5) is 5.69 Å². The maximum absolute atomic E-state index is 6.04. The van der Waals surface area contributed by atoms with Crippen LogP contribution in [0.3, 0.4) is 0 Å². The standard InChI is InChI=1S/C14H23N3O/c1-2-11-5-3-4-6-14(11)18-10-13-9-12(17-15)7-8-16-13/h7-9,11,14H,2-6,10,15H2,1H3,(H,16,17). The van der Waals surface area contributed by atoms with Gasteiger partial charge in [0.2, 0.25) is 0 Å². The van der Waals surface area contributed by atoms with Gasteiger partial charge in [0.15, 0.2) is 0 Å². The first-order valence-corrected chi connectivity index (χ1v) is 6.86. The molecular formula is C14H23N3O. The zero-order valence-electron chi connectivity index (χ0n) is 11.1. The normalized spacial score (nSPS) is 23.9. The molecule has 0 radical (unpaired) electrons. The zero-order valence-corrected chi connectivity index (χ0v) is 11.1. The van der Waals surface area contributed by atoms with E-state index in [2.05, 4.69) is 17.3 Å². The van der Waals surface area contributed by atoms with E-state index in [-0.39, 0.29) is 0 Å². The van der Waals surface area contributed by atoms with Crippen LogP contribution < -0.4 is 11.3 Å². The number of nitrogens with two attached hydrogens (primary N) is 1. The number of ether oxygens (including phenoxy) is 1. The molecule has 1 aromatic heterocycles. The van der Waals surface area contributed by atoms with Gasteiger partial charge >= 0.3 is 0 Å². The number of nitrogens with zero attached hydrogens (tertiary/aromatic N) is 1. The summed E-state index contributed by atoms with van der Waals surface area (Å²) >= 11 is 0. The van der Waals surface area contributed by atoms with E-state index in [1.807, 2.05) is 12.1 Å². The van der Waals surface area contributed by atoms with Crippen LogP contribution >= 0.6 is 0 Å². The number of nitrogens with one attached hydrogen (secondary N) is 1.